The summed E-state index contributed by atoms with van der Waals surface area (Å²) in [6.45, 7) is 2.32. The van der Waals surface area contributed by atoms with Crippen LogP contribution in [0, 0.1) is 6.92 Å². The van der Waals surface area contributed by atoms with Crippen molar-refractivity contribution in [2.24, 2.45) is 7.05 Å². The molecule has 3 aromatic rings. The number of methoxy groups -OCH3 is 2. The Morgan fingerprint density at radius 2 is 1.81 bits per heavy atom. The van der Waals surface area contributed by atoms with Gasteiger partial charge in [0, 0.05) is 38.2 Å². The molecule has 0 radical (unpaired) electrons. The molecule has 0 aliphatic carbocycles. The number of aromatic nitrogens is 2. The van der Waals surface area contributed by atoms with E-state index >= 15 is 0 Å². The highest BCUT2D eigenvalue weighted by Crippen LogP contribution is 2.30. The topological polar surface area (TPSA) is 133 Å². The smallest absolute Gasteiger partial charge is 0.272 e. The molecule has 12 heteroatoms. The minimum Gasteiger partial charge on any atom is -0.496 e. The molecule has 42 heavy (non-hydrogen) atoms. The minimum atomic E-state index is -0.554. The summed E-state index contributed by atoms with van der Waals surface area (Å²) >= 11 is 0. The Hall–Kier alpha value is -4.74. The van der Waals surface area contributed by atoms with E-state index in [2.05, 4.69) is 15.7 Å². The van der Waals surface area contributed by atoms with E-state index in [9.17, 15) is 14.4 Å². The van der Waals surface area contributed by atoms with Gasteiger partial charge < -0.3 is 34.5 Å². The molecule has 4 bridgehead atoms. The minimum absolute atomic E-state index is 0.107. The van der Waals surface area contributed by atoms with E-state index in [-0.39, 0.29) is 50.4 Å². The van der Waals surface area contributed by atoms with Gasteiger partial charge in [-0.25, -0.2) is 0 Å². The highest BCUT2D eigenvalue weighted by molar-refractivity contribution is 5.93. The fourth-order valence-corrected chi connectivity index (χ4v) is 5.21. The number of benzene rings is 2. The fraction of sp³-hybridized carbons (Fsp3) is 0.400. The summed E-state index contributed by atoms with van der Waals surface area (Å²) in [5.74, 6) is 1.24. The molecular weight excluding hydrogens is 542 g/mol. The average molecular weight is 578 g/mol. The summed E-state index contributed by atoms with van der Waals surface area (Å²) < 4.78 is 24.7. The van der Waals surface area contributed by atoms with Crippen LogP contribution in [0.5, 0.6) is 23.0 Å². The van der Waals surface area contributed by atoms with Gasteiger partial charge in [-0.05, 0) is 49.2 Å². The van der Waals surface area contributed by atoms with Crippen LogP contribution in [0.2, 0.25) is 0 Å². The lowest BCUT2D eigenvalue weighted by atomic mass is 10.1. The van der Waals surface area contributed by atoms with E-state index in [1.807, 2.05) is 19.1 Å². The Kier molecular flexibility index (Phi) is 8.51. The van der Waals surface area contributed by atoms with Crippen LogP contribution in [0.4, 0.5) is 0 Å². The second kappa shape index (κ2) is 12.4. The zero-order valence-electron chi connectivity index (χ0n) is 24.1. The van der Waals surface area contributed by atoms with E-state index in [0.717, 1.165) is 16.8 Å². The molecule has 0 saturated carbocycles. The first-order valence-corrected chi connectivity index (χ1v) is 13.7. The summed E-state index contributed by atoms with van der Waals surface area (Å²) in [6.07, 6.45) is 0.233. The quantitative estimate of drug-likeness (QED) is 0.482. The van der Waals surface area contributed by atoms with E-state index in [1.54, 1.807) is 54.1 Å². The number of hydrogen-bond acceptors (Lipinski definition) is 8. The number of hydrogen-bond donors (Lipinski definition) is 2. The van der Waals surface area contributed by atoms with Crippen molar-refractivity contribution in [3.05, 3.63) is 65.0 Å². The Morgan fingerprint density at radius 1 is 1.00 bits per heavy atom. The summed E-state index contributed by atoms with van der Waals surface area (Å²) in [6, 6.07) is 11.9. The number of amides is 3. The summed E-state index contributed by atoms with van der Waals surface area (Å²) in [5.41, 5.74) is 2.87. The molecule has 222 valence electrons. The van der Waals surface area contributed by atoms with Crippen LogP contribution in [0.25, 0.3) is 0 Å². The zero-order chi connectivity index (χ0) is 29.8. The molecule has 0 spiro atoms. The molecule has 5 aliphatic rings. The molecule has 1 fully saturated rings. The highest BCUT2D eigenvalue weighted by atomic mass is 16.5. The van der Waals surface area contributed by atoms with Crippen LogP contribution in [-0.2, 0) is 29.6 Å². The second-order valence-electron chi connectivity index (χ2n) is 10.4. The van der Waals surface area contributed by atoms with Gasteiger partial charge in [-0.15, -0.1) is 0 Å². The molecule has 5 aliphatic heterocycles. The molecule has 3 amide bonds. The SMILES string of the molecule is COc1cc2ccc1CNC(=O)CCc1ccc(c(OC)c1)OCC(=O)N[C@@H]1CN(C(=O)c3cc(C)nn3C)C[C@H]1O2. The zero-order valence-corrected chi connectivity index (χ0v) is 24.1. The summed E-state index contributed by atoms with van der Waals surface area (Å²) in [5, 5.41) is 10.2. The van der Waals surface area contributed by atoms with E-state index in [4.69, 9.17) is 18.9 Å². The number of nitrogens with zero attached hydrogens (tertiary/aromatic N) is 3. The molecule has 2 atom stereocenters. The number of carbonyl (C=O) groups excluding carboxylic acids is 3. The maximum absolute atomic E-state index is 13.4. The van der Waals surface area contributed by atoms with Crippen LogP contribution in [0.15, 0.2) is 42.5 Å². The van der Waals surface area contributed by atoms with Crippen LogP contribution < -0.4 is 29.6 Å². The standard InChI is InChI=1S/C30H35N5O7/c1-18-11-23(34(2)33-18)30(38)35-15-22-27(16-35)42-21-8-7-20(25(13-21)39-3)14-31-28(36)10-6-19-5-9-24(26(12-19)40-4)41-17-29(37)32-22/h5,7-9,11-13,22,27H,6,10,14-17H2,1-4H3,(H,31,36)(H,32,37)/t22-,27-/m1/s1. The Morgan fingerprint density at radius 3 is 2.55 bits per heavy atom. The Balaban J connectivity index is 1.43. The lowest BCUT2D eigenvalue weighted by Crippen LogP contribution is -2.46. The lowest BCUT2D eigenvalue weighted by molar-refractivity contribution is -0.124. The third kappa shape index (κ3) is 6.42. The van der Waals surface area contributed by atoms with Crippen molar-refractivity contribution in [3.8, 4) is 23.0 Å². The molecule has 8 rings (SSSR count). The van der Waals surface area contributed by atoms with Gasteiger partial charge in [-0.3, -0.25) is 19.1 Å². The van der Waals surface area contributed by atoms with Crippen LogP contribution in [0.3, 0.4) is 0 Å². The first-order valence-electron chi connectivity index (χ1n) is 13.7. The molecule has 12 nitrogen and oxygen atoms in total. The van der Waals surface area contributed by atoms with Gasteiger partial charge in [0.15, 0.2) is 18.1 Å². The van der Waals surface area contributed by atoms with Crippen molar-refractivity contribution in [2.45, 2.75) is 38.5 Å². The number of rotatable bonds is 3. The average Bonchev–Trinajstić information content (AvgIpc) is 3.54. The Bertz CT molecular complexity index is 1490. The first-order chi connectivity index (χ1) is 20.2. The molecule has 0 unspecified atom stereocenters. The fourth-order valence-electron chi connectivity index (χ4n) is 5.21. The third-order valence-electron chi connectivity index (χ3n) is 7.37. The summed E-state index contributed by atoms with van der Waals surface area (Å²) in [7, 11) is 4.79. The van der Waals surface area contributed by atoms with Crippen molar-refractivity contribution >= 4 is 17.7 Å². The molecule has 1 aromatic heterocycles. The lowest BCUT2D eigenvalue weighted by Gasteiger charge is -2.22. The number of nitrogens with one attached hydrogen (secondary N) is 2. The van der Waals surface area contributed by atoms with Gasteiger partial charge in [-0.2, -0.15) is 5.10 Å². The second-order valence-corrected chi connectivity index (χ2v) is 10.4. The molecule has 2 aromatic carbocycles. The van der Waals surface area contributed by atoms with Gasteiger partial charge in [0.2, 0.25) is 5.91 Å². The van der Waals surface area contributed by atoms with Gasteiger partial charge in [-0.1, -0.05) is 6.07 Å². The van der Waals surface area contributed by atoms with Crippen molar-refractivity contribution in [3.63, 3.8) is 0 Å². The van der Waals surface area contributed by atoms with E-state index < -0.39 is 12.1 Å². The number of aryl methyl sites for hydroxylation is 3. The monoisotopic (exact) mass is 577 g/mol. The highest BCUT2D eigenvalue weighted by Gasteiger charge is 2.39. The molecule has 1 saturated heterocycles. The van der Waals surface area contributed by atoms with Gasteiger partial charge in [0.25, 0.3) is 11.8 Å². The van der Waals surface area contributed by atoms with Crippen LogP contribution in [-0.4, -0.2) is 78.5 Å². The predicted molar refractivity (Wildman–Crippen MR) is 152 cm³/mol. The van der Waals surface area contributed by atoms with Crippen molar-refractivity contribution in [2.75, 3.05) is 33.9 Å². The van der Waals surface area contributed by atoms with Gasteiger partial charge >= 0.3 is 0 Å². The number of ether oxygens (including phenoxy) is 4. The third-order valence-corrected chi connectivity index (χ3v) is 7.37. The maximum Gasteiger partial charge on any atom is 0.272 e. The first kappa shape index (κ1) is 28.8. The summed E-state index contributed by atoms with van der Waals surface area (Å²) in [4.78, 5) is 40.7. The van der Waals surface area contributed by atoms with Crippen molar-refractivity contribution in [1.29, 1.82) is 0 Å². The molecule has 6 heterocycles. The maximum atomic E-state index is 13.4. The Labute approximate surface area is 243 Å². The molecular formula is C30H35N5O7. The number of likely N-dealkylation sites (tertiary alicyclic amines) is 1. The van der Waals surface area contributed by atoms with E-state index in [1.165, 1.54) is 7.11 Å². The van der Waals surface area contributed by atoms with E-state index in [0.29, 0.717) is 35.1 Å². The van der Waals surface area contributed by atoms with Gasteiger partial charge in [0.05, 0.1) is 32.5 Å². The van der Waals surface area contributed by atoms with Gasteiger partial charge in [0.1, 0.15) is 23.3 Å². The molecule has 2 N–H and O–H groups in total. The van der Waals surface area contributed by atoms with Crippen LogP contribution >= 0.6 is 0 Å². The van der Waals surface area contributed by atoms with Crippen molar-refractivity contribution in [1.82, 2.24) is 25.3 Å². The normalized spacial score (nSPS) is 19.3. The van der Waals surface area contributed by atoms with Crippen molar-refractivity contribution < 1.29 is 33.3 Å². The predicted octanol–water partition coefficient (Wildman–Crippen LogP) is 1.78. The largest absolute Gasteiger partial charge is 0.496 e. The van der Waals surface area contributed by atoms with Crippen LogP contribution in [0.1, 0.15) is 33.7 Å². The number of carbonyl (C=O) groups is 3.